The molecule has 0 aliphatic carbocycles. The van der Waals surface area contributed by atoms with Crippen LogP contribution >= 0.6 is 0 Å². The second-order valence-corrected chi connectivity index (χ2v) is 9.13. The number of amides is 1. The van der Waals surface area contributed by atoms with Gasteiger partial charge >= 0.3 is 0 Å². The molecule has 0 atom stereocenters. The van der Waals surface area contributed by atoms with Gasteiger partial charge in [-0.3, -0.25) is 9.52 Å². The van der Waals surface area contributed by atoms with Crippen molar-refractivity contribution < 1.29 is 17.9 Å². The summed E-state index contributed by atoms with van der Waals surface area (Å²) in [6, 6.07) is 21.0. The monoisotopic (exact) mass is 452 g/mol. The molecule has 0 saturated heterocycles. The Morgan fingerprint density at radius 3 is 2.38 bits per heavy atom. The van der Waals surface area contributed by atoms with Crippen molar-refractivity contribution in [2.75, 3.05) is 17.9 Å². The van der Waals surface area contributed by atoms with E-state index in [1.54, 1.807) is 43.3 Å². The van der Waals surface area contributed by atoms with E-state index < -0.39 is 10.0 Å². The minimum absolute atomic E-state index is 0.161. The van der Waals surface area contributed by atoms with E-state index in [0.717, 1.165) is 24.2 Å². The standard InChI is InChI=1S/C25H28N2O4S/c1-3-7-20-11-14-22(15-12-20)31-17-16-26-25(28)21-13-10-19(2)24(18-21)27-32(29,30)23-8-5-4-6-9-23/h4-6,8-15,18,27H,3,7,16-17H2,1-2H3,(H,26,28). The molecule has 0 bridgehead atoms. The Labute approximate surface area is 189 Å². The predicted molar refractivity (Wildman–Crippen MR) is 127 cm³/mol. The van der Waals surface area contributed by atoms with E-state index >= 15 is 0 Å². The molecule has 0 aliphatic heterocycles. The van der Waals surface area contributed by atoms with Crippen molar-refractivity contribution in [1.29, 1.82) is 0 Å². The number of hydrogen-bond donors (Lipinski definition) is 2. The van der Waals surface area contributed by atoms with Gasteiger partial charge in [-0.2, -0.15) is 0 Å². The molecule has 32 heavy (non-hydrogen) atoms. The smallest absolute Gasteiger partial charge is 0.261 e. The quantitative estimate of drug-likeness (QED) is 0.442. The highest BCUT2D eigenvalue weighted by molar-refractivity contribution is 7.92. The molecular formula is C25H28N2O4S. The highest BCUT2D eigenvalue weighted by atomic mass is 32.2. The molecule has 0 radical (unpaired) electrons. The summed E-state index contributed by atoms with van der Waals surface area (Å²) >= 11 is 0. The van der Waals surface area contributed by atoms with Crippen molar-refractivity contribution in [3.8, 4) is 5.75 Å². The molecule has 0 spiro atoms. The van der Waals surface area contributed by atoms with Gasteiger partial charge in [-0.15, -0.1) is 0 Å². The highest BCUT2D eigenvalue weighted by Gasteiger charge is 2.16. The van der Waals surface area contributed by atoms with Gasteiger partial charge in [0.25, 0.3) is 15.9 Å². The number of carbonyl (C=O) groups is 1. The number of ether oxygens (including phenoxy) is 1. The van der Waals surface area contributed by atoms with Crippen molar-refractivity contribution in [2.45, 2.75) is 31.6 Å². The maximum atomic E-state index is 12.6. The van der Waals surface area contributed by atoms with Crippen LogP contribution in [0, 0.1) is 6.92 Å². The zero-order valence-electron chi connectivity index (χ0n) is 18.3. The van der Waals surface area contributed by atoms with Gasteiger partial charge in [0.1, 0.15) is 12.4 Å². The van der Waals surface area contributed by atoms with E-state index in [1.165, 1.54) is 17.7 Å². The van der Waals surface area contributed by atoms with Gasteiger partial charge in [0.2, 0.25) is 0 Å². The summed E-state index contributed by atoms with van der Waals surface area (Å²) < 4.78 is 33.5. The Morgan fingerprint density at radius 1 is 0.969 bits per heavy atom. The third-order valence-electron chi connectivity index (χ3n) is 4.92. The van der Waals surface area contributed by atoms with Crippen LogP contribution in [0.1, 0.15) is 34.8 Å². The Morgan fingerprint density at radius 2 is 1.69 bits per heavy atom. The van der Waals surface area contributed by atoms with Gasteiger partial charge in [0.15, 0.2) is 0 Å². The Balaban J connectivity index is 1.56. The zero-order chi connectivity index (χ0) is 23.0. The summed E-state index contributed by atoms with van der Waals surface area (Å²) in [4.78, 5) is 12.7. The van der Waals surface area contributed by atoms with Crippen molar-refractivity contribution in [3.63, 3.8) is 0 Å². The number of benzene rings is 3. The average molecular weight is 453 g/mol. The van der Waals surface area contributed by atoms with Crippen LogP contribution in [0.15, 0.2) is 77.7 Å². The lowest BCUT2D eigenvalue weighted by Crippen LogP contribution is -2.28. The zero-order valence-corrected chi connectivity index (χ0v) is 19.1. The first-order chi connectivity index (χ1) is 15.4. The number of nitrogens with one attached hydrogen (secondary N) is 2. The summed E-state index contributed by atoms with van der Waals surface area (Å²) in [6.45, 7) is 4.58. The summed E-state index contributed by atoms with van der Waals surface area (Å²) in [5.74, 6) is 0.457. The average Bonchev–Trinajstić information content (AvgIpc) is 2.80. The van der Waals surface area contributed by atoms with Gasteiger partial charge in [-0.25, -0.2) is 8.42 Å². The van der Waals surface area contributed by atoms with E-state index in [9.17, 15) is 13.2 Å². The fourth-order valence-electron chi connectivity index (χ4n) is 3.15. The number of aryl methyl sites for hydroxylation is 2. The van der Waals surface area contributed by atoms with E-state index in [-0.39, 0.29) is 10.8 Å². The van der Waals surface area contributed by atoms with Crippen LogP contribution < -0.4 is 14.8 Å². The molecule has 0 heterocycles. The second kappa shape index (κ2) is 10.8. The molecule has 0 aromatic heterocycles. The summed E-state index contributed by atoms with van der Waals surface area (Å²) in [5, 5.41) is 2.80. The normalized spacial score (nSPS) is 11.1. The van der Waals surface area contributed by atoms with Crippen LogP contribution in [0.2, 0.25) is 0 Å². The van der Waals surface area contributed by atoms with Crippen LogP contribution in [0.25, 0.3) is 0 Å². The lowest BCUT2D eigenvalue weighted by atomic mass is 10.1. The Kier molecular flexibility index (Phi) is 7.89. The van der Waals surface area contributed by atoms with Crippen molar-refractivity contribution in [1.82, 2.24) is 5.32 Å². The minimum atomic E-state index is -3.74. The van der Waals surface area contributed by atoms with Crippen LogP contribution in [-0.4, -0.2) is 27.5 Å². The maximum absolute atomic E-state index is 12.6. The molecule has 1 amide bonds. The molecule has 3 aromatic rings. The highest BCUT2D eigenvalue weighted by Crippen LogP contribution is 2.21. The first-order valence-electron chi connectivity index (χ1n) is 10.6. The fraction of sp³-hybridized carbons (Fsp3) is 0.240. The molecule has 0 fully saturated rings. The number of rotatable bonds is 10. The molecule has 3 aromatic carbocycles. The summed E-state index contributed by atoms with van der Waals surface area (Å²) in [5.41, 5.74) is 2.72. The van der Waals surface area contributed by atoms with Crippen molar-refractivity contribution in [3.05, 3.63) is 89.5 Å². The molecule has 0 aliphatic rings. The van der Waals surface area contributed by atoms with Gasteiger partial charge in [-0.05, 0) is 60.9 Å². The van der Waals surface area contributed by atoms with Crippen LogP contribution in [-0.2, 0) is 16.4 Å². The van der Waals surface area contributed by atoms with Gasteiger partial charge in [0.05, 0.1) is 17.1 Å². The molecule has 6 nitrogen and oxygen atoms in total. The molecule has 168 valence electrons. The first kappa shape index (κ1) is 23.3. The number of carbonyl (C=O) groups excluding carboxylic acids is 1. The van der Waals surface area contributed by atoms with E-state index in [0.29, 0.717) is 24.4 Å². The number of sulfonamides is 1. The fourth-order valence-corrected chi connectivity index (χ4v) is 4.30. The molecule has 2 N–H and O–H groups in total. The van der Waals surface area contributed by atoms with Crippen LogP contribution in [0.3, 0.4) is 0 Å². The number of hydrogen-bond acceptors (Lipinski definition) is 4. The Hall–Kier alpha value is -3.32. The van der Waals surface area contributed by atoms with Crippen molar-refractivity contribution in [2.24, 2.45) is 0 Å². The largest absolute Gasteiger partial charge is 0.492 e. The van der Waals surface area contributed by atoms with Gasteiger partial charge < -0.3 is 10.1 Å². The lowest BCUT2D eigenvalue weighted by Gasteiger charge is -2.13. The van der Waals surface area contributed by atoms with Crippen LogP contribution in [0.4, 0.5) is 5.69 Å². The second-order valence-electron chi connectivity index (χ2n) is 7.45. The maximum Gasteiger partial charge on any atom is 0.261 e. The third-order valence-corrected chi connectivity index (χ3v) is 6.30. The van der Waals surface area contributed by atoms with Crippen molar-refractivity contribution >= 4 is 21.6 Å². The van der Waals surface area contributed by atoms with E-state index in [2.05, 4.69) is 17.0 Å². The SMILES string of the molecule is CCCc1ccc(OCCNC(=O)c2ccc(C)c(NS(=O)(=O)c3ccccc3)c2)cc1. The molecule has 7 heteroatoms. The molecule has 3 rings (SSSR count). The van der Waals surface area contributed by atoms with E-state index in [1.807, 2.05) is 24.3 Å². The molecule has 0 saturated carbocycles. The number of anilines is 1. The molecular weight excluding hydrogens is 424 g/mol. The Bertz CT molecular complexity index is 1140. The predicted octanol–water partition coefficient (Wildman–Crippen LogP) is 4.56. The van der Waals surface area contributed by atoms with E-state index in [4.69, 9.17) is 4.74 Å². The summed E-state index contributed by atoms with van der Waals surface area (Å²) in [7, 11) is -3.74. The third kappa shape index (κ3) is 6.34. The minimum Gasteiger partial charge on any atom is -0.492 e. The topological polar surface area (TPSA) is 84.5 Å². The molecule has 0 unspecified atom stereocenters. The van der Waals surface area contributed by atoms with Crippen LogP contribution in [0.5, 0.6) is 5.75 Å². The van der Waals surface area contributed by atoms with Gasteiger partial charge in [-0.1, -0.05) is 49.7 Å². The first-order valence-corrected chi connectivity index (χ1v) is 12.1. The van der Waals surface area contributed by atoms with Gasteiger partial charge in [0, 0.05) is 5.56 Å². The lowest BCUT2D eigenvalue weighted by molar-refractivity contribution is 0.0947. The summed E-state index contributed by atoms with van der Waals surface area (Å²) in [6.07, 6.45) is 2.14.